The van der Waals surface area contributed by atoms with Crippen LogP contribution >= 0.6 is 0 Å². The Bertz CT molecular complexity index is 1220. The molecule has 1 aliphatic rings. The van der Waals surface area contributed by atoms with E-state index in [1.807, 2.05) is 66.7 Å². The predicted octanol–water partition coefficient (Wildman–Crippen LogP) is 5.63. The van der Waals surface area contributed by atoms with Gasteiger partial charge in [-0.1, -0.05) is 91.0 Å². The quantitative estimate of drug-likeness (QED) is 0.331. The van der Waals surface area contributed by atoms with Crippen molar-refractivity contribution in [3.8, 4) is 11.3 Å². The van der Waals surface area contributed by atoms with Crippen LogP contribution in [0.5, 0.6) is 0 Å². The number of nitrogens with zero attached hydrogens (tertiary/aromatic N) is 4. The van der Waals surface area contributed by atoms with Crippen molar-refractivity contribution in [1.82, 2.24) is 15.1 Å². The number of amides is 1. The molecule has 1 fully saturated rings. The van der Waals surface area contributed by atoms with Crippen molar-refractivity contribution >= 4 is 11.7 Å². The minimum Gasteiger partial charge on any atom is -0.355 e. The standard InChI is InChI=1S/C31H32N4O/c36-31(35(24-26-12-6-2-7-13-26)21-18-25-10-4-1-5-11-25)28-19-22-34(23-20-28)30-17-16-29(32-33-30)27-14-8-3-9-15-27/h1-17,28H,18-24H2. The molecule has 0 bridgehead atoms. The second-order valence-corrected chi connectivity index (χ2v) is 9.39. The third-order valence-corrected chi connectivity index (χ3v) is 6.93. The van der Waals surface area contributed by atoms with Gasteiger partial charge in [0.1, 0.15) is 0 Å². The fraction of sp³-hybridized carbons (Fsp3) is 0.258. The Morgan fingerprint density at radius 3 is 1.97 bits per heavy atom. The Balaban J connectivity index is 1.21. The largest absolute Gasteiger partial charge is 0.355 e. The maximum Gasteiger partial charge on any atom is 0.226 e. The molecule has 0 atom stereocenters. The molecule has 5 heteroatoms. The van der Waals surface area contributed by atoms with E-state index in [9.17, 15) is 4.79 Å². The van der Waals surface area contributed by atoms with Crippen molar-refractivity contribution in [1.29, 1.82) is 0 Å². The molecule has 0 N–H and O–H groups in total. The zero-order valence-electron chi connectivity index (χ0n) is 20.5. The highest BCUT2D eigenvalue weighted by atomic mass is 16.2. The summed E-state index contributed by atoms with van der Waals surface area (Å²) in [7, 11) is 0. The monoisotopic (exact) mass is 476 g/mol. The summed E-state index contributed by atoms with van der Waals surface area (Å²) in [5, 5.41) is 8.92. The van der Waals surface area contributed by atoms with Crippen LogP contribution < -0.4 is 4.90 Å². The molecule has 1 aliphatic heterocycles. The Kier molecular flexibility index (Phi) is 7.67. The number of carbonyl (C=O) groups excluding carboxylic acids is 1. The first-order valence-corrected chi connectivity index (χ1v) is 12.8. The molecule has 1 saturated heterocycles. The van der Waals surface area contributed by atoms with Gasteiger partial charge in [-0.15, -0.1) is 10.2 Å². The van der Waals surface area contributed by atoms with Crippen LogP contribution in [0.25, 0.3) is 11.3 Å². The third-order valence-electron chi connectivity index (χ3n) is 6.93. The smallest absolute Gasteiger partial charge is 0.226 e. The highest BCUT2D eigenvalue weighted by molar-refractivity contribution is 5.79. The Labute approximate surface area is 213 Å². The number of hydrogen-bond acceptors (Lipinski definition) is 4. The van der Waals surface area contributed by atoms with Crippen LogP contribution in [-0.4, -0.2) is 40.6 Å². The zero-order chi connectivity index (χ0) is 24.6. The lowest BCUT2D eigenvalue weighted by atomic mass is 9.94. The van der Waals surface area contributed by atoms with Crippen molar-refractivity contribution in [2.75, 3.05) is 24.5 Å². The van der Waals surface area contributed by atoms with Gasteiger partial charge in [-0.05, 0) is 42.5 Å². The fourth-order valence-electron chi connectivity index (χ4n) is 4.85. The molecular weight excluding hydrogens is 444 g/mol. The van der Waals surface area contributed by atoms with Gasteiger partial charge >= 0.3 is 0 Å². The highest BCUT2D eigenvalue weighted by Gasteiger charge is 2.29. The number of benzene rings is 3. The van der Waals surface area contributed by atoms with Crippen LogP contribution in [0, 0.1) is 5.92 Å². The number of piperidine rings is 1. The van der Waals surface area contributed by atoms with Gasteiger partial charge in [0, 0.05) is 37.7 Å². The Morgan fingerprint density at radius 2 is 1.36 bits per heavy atom. The third kappa shape index (κ3) is 5.98. The normalized spacial score (nSPS) is 13.9. The number of aromatic nitrogens is 2. The molecule has 1 amide bonds. The van der Waals surface area contributed by atoms with Gasteiger partial charge in [-0.25, -0.2) is 0 Å². The van der Waals surface area contributed by atoms with Crippen molar-refractivity contribution in [2.45, 2.75) is 25.8 Å². The van der Waals surface area contributed by atoms with Crippen LogP contribution in [-0.2, 0) is 17.8 Å². The second kappa shape index (κ2) is 11.6. The van der Waals surface area contributed by atoms with Crippen LogP contribution in [0.1, 0.15) is 24.0 Å². The van der Waals surface area contributed by atoms with Crippen molar-refractivity contribution < 1.29 is 4.79 Å². The predicted molar refractivity (Wildman–Crippen MR) is 144 cm³/mol. The van der Waals surface area contributed by atoms with E-state index in [4.69, 9.17) is 0 Å². The van der Waals surface area contributed by atoms with E-state index in [1.54, 1.807) is 0 Å². The summed E-state index contributed by atoms with van der Waals surface area (Å²) in [5.74, 6) is 1.18. The van der Waals surface area contributed by atoms with Crippen LogP contribution in [0.4, 0.5) is 5.82 Å². The van der Waals surface area contributed by atoms with Crippen molar-refractivity contribution in [3.05, 3.63) is 114 Å². The highest BCUT2D eigenvalue weighted by Crippen LogP contribution is 2.25. The molecule has 4 aromatic rings. The Hall–Kier alpha value is -3.99. The average Bonchev–Trinajstić information content (AvgIpc) is 2.97. The Morgan fingerprint density at radius 1 is 0.750 bits per heavy atom. The molecule has 5 nitrogen and oxygen atoms in total. The summed E-state index contributed by atoms with van der Waals surface area (Å²) >= 11 is 0. The molecular formula is C31H32N4O. The molecule has 0 saturated carbocycles. The summed E-state index contributed by atoms with van der Waals surface area (Å²) in [6.07, 6.45) is 2.52. The van der Waals surface area contributed by atoms with E-state index in [1.165, 1.54) is 11.1 Å². The van der Waals surface area contributed by atoms with Crippen molar-refractivity contribution in [2.24, 2.45) is 5.92 Å². The SMILES string of the molecule is O=C(C1CCN(c2ccc(-c3ccccc3)nn2)CC1)N(CCc1ccccc1)Cc1ccccc1. The molecule has 0 radical (unpaired) electrons. The van der Waals surface area contributed by atoms with Gasteiger partial charge in [0.2, 0.25) is 5.91 Å². The summed E-state index contributed by atoms with van der Waals surface area (Å²) < 4.78 is 0. The van der Waals surface area contributed by atoms with E-state index in [-0.39, 0.29) is 11.8 Å². The lowest BCUT2D eigenvalue weighted by Gasteiger charge is -2.35. The van der Waals surface area contributed by atoms with Gasteiger partial charge in [0.05, 0.1) is 5.69 Å². The summed E-state index contributed by atoms with van der Waals surface area (Å²) in [6.45, 7) is 3.00. The van der Waals surface area contributed by atoms with Gasteiger partial charge in [0.15, 0.2) is 5.82 Å². The minimum absolute atomic E-state index is 0.0392. The number of rotatable bonds is 8. The summed E-state index contributed by atoms with van der Waals surface area (Å²) in [6, 6.07) is 34.9. The lowest BCUT2D eigenvalue weighted by Crippen LogP contribution is -2.43. The maximum absolute atomic E-state index is 13.6. The summed E-state index contributed by atoms with van der Waals surface area (Å²) in [5.41, 5.74) is 4.37. The molecule has 0 aliphatic carbocycles. The average molecular weight is 477 g/mol. The van der Waals surface area contributed by atoms with E-state index >= 15 is 0 Å². The number of carbonyl (C=O) groups is 1. The summed E-state index contributed by atoms with van der Waals surface area (Å²) in [4.78, 5) is 17.9. The molecule has 0 spiro atoms. The molecule has 36 heavy (non-hydrogen) atoms. The molecule has 182 valence electrons. The molecule has 3 aromatic carbocycles. The van der Waals surface area contributed by atoms with Gasteiger partial charge < -0.3 is 9.80 Å². The van der Waals surface area contributed by atoms with E-state index < -0.39 is 0 Å². The van der Waals surface area contributed by atoms with Gasteiger partial charge in [-0.3, -0.25) is 4.79 Å². The minimum atomic E-state index is 0.0392. The molecule has 0 unspecified atom stereocenters. The van der Waals surface area contributed by atoms with E-state index in [0.717, 1.165) is 56.0 Å². The zero-order valence-corrected chi connectivity index (χ0v) is 20.5. The second-order valence-electron chi connectivity index (χ2n) is 9.39. The topological polar surface area (TPSA) is 49.3 Å². The van der Waals surface area contributed by atoms with E-state index in [0.29, 0.717) is 6.54 Å². The fourth-order valence-corrected chi connectivity index (χ4v) is 4.85. The van der Waals surface area contributed by atoms with Crippen LogP contribution in [0.3, 0.4) is 0 Å². The van der Waals surface area contributed by atoms with Crippen LogP contribution in [0.15, 0.2) is 103 Å². The first-order chi connectivity index (χ1) is 17.8. The van der Waals surface area contributed by atoms with Gasteiger partial charge in [-0.2, -0.15) is 0 Å². The first kappa shape index (κ1) is 23.7. The lowest BCUT2D eigenvalue weighted by molar-refractivity contribution is -0.136. The van der Waals surface area contributed by atoms with Crippen molar-refractivity contribution in [3.63, 3.8) is 0 Å². The van der Waals surface area contributed by atoms with Crippen LogP contribution in [0.2, 0.25) is 0 Å². The molecule has 1 aromatic heterocycles. The maximum atomic E-state index is 13.6. The number of anilines is 1. The first-order valence-electron chi connectivity index (χ1n) is 12.8. The van der Waals surface area contributed by atoms with E-state index in [2.05, 4.69) is 56.4 Å². The molecule has 2 heterocycles. The van der Waals surface area contributed by atoms with Gasteiger partial charge in [0.25, 0.3) is 0 Å². The number of hydrogen-bond donors (Lipinski definition) is 0. The molecule has 5 rings (SSSR count).